The Hall–Kier alpha value is -3.34. The first-order chi connectivity index (χ1) is 13.3. The third-order valence-electron chi connectivity index (χ3n) is 5.11. The molecule has 0 aliphatic rings. The van der Waals surface area contributed by atoms with E-state index >= 15 is 0 Å². The van der Waals surface area contributed by atoms with Gasteiger partial charge in [-0.25, -0.2) is 0 Å². The lowest BCUT2D eigenvalue weighted by molar-refractivity contribution is -0.117. The Morgan fingerprint density at radius 3 is 2.50 bits per heavy atom. The Balaban J connectivity index is 2.19. The normalized spacial score (nSPS) is 11.3. The molecular weight excluding hydrogens is 350 g/mol. The molecule has 0 aliphatic carbocycles. The monoisotopic (exact) mass is 375 g/mol. The van der Waals surface area contributed by atoms with Crippen molar-refractivity contribution < 1.29 is 9.59 Å². The van der Waals surface area contributed by atoms with Gasteiger partial charge in [-0.05, 0) is 67.7 Å². The highest BCUT2D eigenvalue weighted by Crippen LogP contribution is 2.37. The van der Waals surface area contributed by atoms with Crippen molar-refractivity contribution in [2.45, 2.75) is 34.1 Å². The fourth-order valence-corrected chi connectivity index (χ4v) is 3.59. The van der Waals surface area contributed by atoms with Crippen molar-refractivity contribution in [3.8, 4) is 11.1 Å². The van der Waals surface area contributed by atoms with E-state index in [1.54, 1.807) is 6.08 Å². The number of benzene rings is 2. The molecule has 0 unspecified atom stereocenters. The number of aryl methyl sites for hydroxylation is 2. The van der Waals surface area contributed by atoms with E-state index < -0.39 is 0 Å². The predicted octanol–water partition coefficient (Wildman–Crippen LogP) is 4.30. The smallest absolute Gasteiger partial charge is 0.248 e. The average Bonchev–Trinajstić information content (AvgIpc) is 2.93. The van der Waals surface area contributed by atoms with Crippen LogP contribution in [-0.4, -0.2) is 16.8 Å². The zero-order chi connectivity index (χ0) is 20.4. The van der Waals surface area contributed by atoms with Crippen LogP contribution in [0, 0.1) is 20.8 Å². The van der Waals surface area contributed by atoms with E-state index in [1.165, 1.54) is 6.08 Å². The van der Waals surface area contributed by atoms with Gasteiger partial charge in [-0.15, -0.1) is 0 Å². The Kier molecular flexibility index (Phi) is 5.36. The summed E-state index contributed by atoms with van der Waals surface area (Å²) in [6, 6.07) is 9.85. The fraction of sp³-hybridized carbons (Fsp3) is 0.217. The van der Waals surface area contributed by atoms with Gasteiger partial charge in [0.05, 0.1) is 11.9 Å². The molecule has 28 heavy (non-hydrogen) atoms. The number of carbonyl (C=O) groups is 2. The van der Waals surface area contributed by atoms with Crippen LogP contribution in [0.1, 0.15) is 29.3 Å². The van der Waals surface area contributed by atoms with Crippen LogP contribution < -0.4 is 11.1 Å². The number of aromatic nitrogens is 1. The maximum Gasteiger partial charge on any atom is 0.248 e. The zero-order valence-corrected chi connectivity index (χ0v) is 16.6. The Labute approximate surface area is 164 Å². The Morgan fingerprint density at radius 2 is 1.82 bits per heavy atom. The number of primary amides is 1. The molecule has 0 saturated heterocycles. The van der Waals surface area contributed by atoms with Crippen LogP contribution in [0.4, 0.5) is 5.69 Å². The molecule has 2 amide bonds. The fourth-order valence-electron chi connectivity index (χ4n) is 3.59. The molecule has 0 fully saturated rings. The lowest BCUT2D eigenvalue weighted by Gasteiger charge is -2.14. The minimum Gasteiger partial charge on any atom is -0.369 e. The molecule has 0 spiro atoms. The number of carbonyl (C=O) groups excluding carboxylic acids is 2. The summed E-state index contributed by atoms with van der Waals surface area (Å²) in [5.41, 5.74) is 13.3. The first kappa shape index (κ1) is 19.4. The number of rotatable bonds is 5. The number of allylic oxidation sites excluding steroid dienone is 1. The second kappa shape index (κ2) is 7.72. The minimum atomic E-state index is -0.358. The molecule has 0 saturated carbocycles. The molecule has 144 valence electrons. The molecule has 3 rings (SSSR count). The largest absolute Gasteiger partial charge is 0.369 e. The molecule has 0 bridgehead atoms. The van der Waals surface area contributed by atoms with Gasteiger partial charge < -0.3 is 16.0 Å². The van der Waals surface area contributed by atoms with E-state index in [1.807, 2.05) is 51.1 Å². The van der Waals surface area contributed by atoms with E-state index in [9.17, 15) is 9.59 Å². The number of amides is 2. The number of nitrogens with one attached hydrogen (secondary N) is 2. The van der Waals surface area contributed by atoms with E-state index in [2.05, 4.69) is 17.2 Å². The summed E-state index contributed by atoms with van der Waals surface area (Å²) in [6.07, 6.45) is 3.40. The van der Waals surface area contributed by atoms with Gasteiger partial charge in [0.2, 0.25) is 11.8 Å². The molecule has 1 aromatic heterocycles. The highest BCUT2D eigenvalue weighted by Gasteiger charge is 2.17. The lowest BCUT2D eigenvalue weighted by Crippen LogP contribution is -2.14. The summed E-state index contributed by atoms with van der Waals surface area (Å²) < 4.78 is 0. The van der Waals surface area contributed by atoms with Gasteiger partial charge in [-0.3, -0.25) is 9.59 Å². The quantitative estimate of drug-likeness (QED) is 0.581. The van der Waals surface area contributed by atoms with E-state index in [0.29, 0.717) is 0 Å². The summed E-state index contributed by atoms with van der Waals surface area (Å²) in [6.45, 7) is 7.90. The summed E-state index contributed by atoms with van der Waals surface area (Å²) >= 11 is 0. The number of H-pyrrole nitrogens is 1. The summed E-state index contributed by atoms with van der Waals surface area (Å²) in [4.78, 5) is 26.9. The Bertz CT molecular complexity index is 1110. The number of anilines is 1. The zero-order valence-electron chi connectivity index (χ0n) is 16.6. The molecule has 0 radical (unpaired) electrons. The third kappa shape index (κ3) is 3.56. The average molecular weight is 375 g/mol. The molecule has 5 nitrogen and oxygen atoms in total. The van der Waals surface area contributed by atoms with Crippen LogP contribution in [0.2, 0.25) is 0 Å². The first-order valence-corrected chi connectivity index (χ1v) is 9.26. The van der Waals surface area contributed by atoms with Crippen LogP contribution in [-0.2, 0) is 16.0 Å². The van der Waals surface area contributed by atoms with Crippen LogP contribution in [0.15, 0.2) is 42.5 Å². The van der Waals surface area contributed by atoms with Crippen molar-refractivity contribution in [1.82, 2.24) is 4.98 Å². The second-order valence-corrected chi connectivity index (χ2v) is 7.01. The molecule has 0 aliphatic heterocycles. The first-order valence-electron chi connectivity index (χ1n) is 9.26. The SMILES string of the molecule is C/C=C/C(=O)Nc1cccc(-c2ccc(CC(N)=O)c3[nH]c(C)c(C)c23)c1C. The molecular formula is C23H25N3O2. The highest BCUT2D eigenvalue weighted by molar-refractivity contribution is 6.04. The summed E-state index contributed by atoms with van der Waals surface area (Å²) in [5.74, 6) is -0.512. The van der Waals surface area contributed by atoms with Gasteiger partial charge in [0.1, 0.15) is 0 Å². The number of hydrogen-bond donors (Lipinski definition) is 3. The van der Waals surface area contributed by atoms with E-state index in [-0.39, 0.29) is 18.2 Å². The van der Waals surface area contributed by atoms with E-state index in [0.717, 1.165) is 50.1 Å². The van der Waals surface area contributed by atoms with Crippen LogP contribution in [0.5, 0.6) is 0 Å². The lowest BCUT2D eigenvalue weighted by atomic mass is 9.92. The number of hydrogen-bond acceptors (Lipinski definition) is 2. The third-order valence-corrected chi connectivity index (χ3v) is 5.11. The van der Waals surface area contributed by atoms with Gasteiger partial charge in [-0.2, -0.15) is 0 Å². The molecule has 4 N–H and O–H groups in total. The standard InChI is InChI=1S/C23H25N3O2/c1-5-7-21(28)26-19-9-6-8-17(14(19)3)18-11-10-16(12-20(24)27)23-22(18)13(2)15(4)25-23/h5-11,25H,12H2,1-4H3,(H2,24,27)(H,26,28)/b7-5+. The Morgan fingerprint density at radius 1 is 1.07 bits per heavy atom. The number of fused-ring (bicyclic) bond motifs is 1. The van der Waals surface area contributed by atoms with Gasteiger partial charge >= 0.3 is 0 Å². The maximum absolute atomic E-state index is 12.0. The van der Waals surface area contributed by atoms with Crippen LogP contribution in [0.3, 0.4) is 0 Å². The molecule has 0 atom stereocenters. The number of aromatic amines is 1. The van der Waals surface area contributed by atoms with Gasteiger partial charge in [0.15, 0.2) is 0 Å². The van der Waals surface area contributed by atoms with Crippen molar-refractivity contribution in [1.29, 1.82) is 0 Å². The van der Waals surface area contributed by atoms with Crippen molar-refractivity contribution in [3.63, 3.8) is 0 Å². The topological polar surface area (TPSA) is 88.0 Å². The van der Waals surface area contributed by atoms with Crippen LogP contribution >= 0.6 is 0 Å². The van der Waals surface area contributed by atoms with Crippen molar-refractivity contribution in [2.75, 3.05) is 5.32 Å². The van der Waals surface area contributed by atoms with Crippen LogP contribution in [0.25, 0.3) is 22.0 Å². The predicted molar refractivity (Wildman–Crippen MR) is 114 cm³/mol. The number of nitrogens with two attached hydrogens (primary N) is 1. The van der Waals surface area contributed by atoms with Crippen molar-refractivity contribution in [2.24, 2.45) is 5.73 Å². The summed E-state index contributed by atoms with van der Waals surface area (Å²) in [7, 11) is 0. The van der Waals surface area contributed by atoms with Gasteiger partial charge in [0.25, 0.3) is 0 Å². The van der Waals surface area contributed by atoms with E-state index in [4.69, 9.17) is 5.73 Å². The maximum atomic E-state index is 12.0. The second-order valence-electron chi connectivity index (χ2n) is 7.01. The van der Waals surface area contributed by atoms with Crippen molar-refractivity contribution >= 4 is 28.4 Å². The van der Waals surface area contributed by atoms with Crippen molar-refractivity contribution in [3.05, 3.63) is 64.9 Å². The highest BCUT2D eigenvalue weighted by atomic mass is 16.1. The molecule has 5 heteroatoms. The molecule has 1 heterocycles. The van der Waals surface area contributed by atoms with Gasteiger partial charge in [0, 0.05) is 16.8 Å². The molecule has 2 aromatic carbocycles. The van der Waals surface area contributed by atoms with Gasteiger partial charge in [-0.1, -0.05) is 30.3 Å². The minimum absolute atomic E-state index is 0.154. The molecule has 3 aromatic rings. The summed E-state index contributed by atoms with van der Waals surface area (Å²) in [5, 5.41) is 4.01.